The molecule has 1 aliphatic heterocycles. The maximum absolute atomic E-state index is 13.3. The second-order valence-corrected chi connectivity index (χ2v) is 9.21. The standard InChI is InChI=1S/C20H18N2O4S3/c1-12-16(19(24)26-8-7-25-2)17(14-6-4-10-28-14)22-18(23)15(29-20(22)21-12)11-13-5-3-9-27-13/h3-6,9-11,17H,7-8H2,1-2H3/b15-11+/t17-/m1/s1. The van der Waals surface area contributed by atoms with Gasteiger partial charge in [0.05, 0.1) is 22.4 Å². The molecule has 0 aromatic carbocycles. The van der Waals surface area contributed by atoms with E-state index in [1.165, 1.54) is 22.7 Å². The maximum atomic E-state index is 13.3. The number of thiophene rings is 2. The highest BCUT2D eigenvalue weighted by Gasteiger charge is 2.33. The number of fused-ring (bicyclic) bond motifs is 1. The van der Waals surface area contributed by atoms with Gasteiger partial charge in [0, 0.05) is 16.9 Å². The number of thiazole rings is 1. The third-order valence-electron chi connectivity index (χ3n) is 4.39. The second kappa shape index (κ2) is 8.58. The molecule has 9 heteroatoms. The van der Waals surface area contributed by atoms with Crippen LogP contribution in [-0.4, -0.2) is 30.9 Å². The summed E-state index contributed by atoms with van der Waals surface area (Å²) in [4.78, 5) is 33.2. The summed E-state index contributed by atoms with van der Waals surface area (Å²) >= 11 is 4.40. The Bertz CT molecular complexity index is 1220. The highest BCUT2D eigenvalue weighted by Crippen LogP contribution is 2.33. The Morgan fingerprint density at radius 1 is 1.24 bits per heavy atom. The van der Waals surface area contributed by atoms with Gasteiger partial charge in [-0.15, -0.1) is 22.7 Å². The molecule has 0 saturated carbocycles. The number of carbonyl (C=O) groups is 1. The number of hydrogen-bond acceptors (Lipinski definition) is 8. The Kier molecular flexibility index (Phi) is 5.91. The molecule has 6 nitrogen and oxygen atoms in total. The maximum Gasteiger partial charge on any atom is 0.338 e. The number of rotatable bonds is 6. The first-order valence-corrected chi connectivity index (χ1v) is 11.4. The number of hydrogen-bond donors (Lipinski definition) is 0. The Morgan fingerprint density at radius 2 is 2.03 bits per heavy atom. The van der Waals surface area contributed by atoms with Gasteiger partial charge in [-0.1, -0.05) is 23.5 Å². The minimum atomic E-state index is -0.549. The summed E-state index contributed by atoms with van der Waals surface area (Å²) in [6, 6.07) is 7.19. The molecule has 0 saturated heterocycles. The number of methoxy groups -OCH3 is 1. The molecule has 4 heterocycles. The van der Waals surface area contributed by atoms with Gasteiger partial charge in [-0.25, -0.2) is 9.79 Å². The quantitative estimate of drug-likeness (QED) is 0.431. The SMILES string of the molecule is COCCOC(=O)C1=C(C)N=c2s/c(=C/c3cccs3)c(=O)n2[C@@H]1c1cccs1. The normalized spacial score (nSPS) is 16.6. The van der Waals surface area contributed by atoms with Gasteiger partial charge in [-0.2, -0.15) is 0 Å². The monoisotopic (exact) mass is 446 g/mol. The molecule has 0 aliphatic carbocycles. The zero-order valence-corrected chi connectivity index (χ0v) is 18.2. The van der Waals surface area contributed by atoms with Crippen LogP contribution in [0.2, 0.25) is 0 Å². The molecule has 0 fully saturated rings. The topological polar surface area (TPSA) is 69.9 Å². The summed E-state index contributed by atoms with van der Waals surface area (Å²) in [5, 5.41) is 3.90. The van der Waals surface area contributed by atoms with Gasteiger partial charge in [0.15, 0.2) is 4.80 Å². The number of ether oxygens (including phenoxy) is 2. The zero-order valence-electron chi connectivity index (χ0n) is 15.8. The van der Waals surface area contributed by atoms with E-state index in [-0.39, 0.29) is 12.2 Å². The van der Waals surface area contributed by atoms with E-state index in [4.69, 9.17) is 9.47 Å². The molecule has 1 atom stereocenters. The van der Waals surface area contributed by atoms with Crippen LogP contribution in [0.25, 0.3) is 6.08 Å². The number of aromatic nitrogens is 1. The van der Waals surface area contributed by atoms with Crippen LogP contribution in [0.4, 0.5) is 0 Å². The van der Waals surface area contributed by atoms with E-state index < -0.39 is 12.0 Å². The highest BCUT2D eigenvalue weighted by molar-refractivity contribution is 7.11. The van der Waals surface area contributed by atoms with E-state index in [2.05, 4.69) is 4.99 Å². The Hall–Kier alpha value is -2.33. The molecule has 0 radical (unpaired) electrons. The van der Waals surface area contributed by atoms with Crippen LogP contribution in [0, 0.1) is 0 Å². The predicted molar refractivity (Wildman–Crippen MR) is 115 cm³/mol. The van der Waals surface area contributed by atoms with Crippen molar-refractivity contribution in [3.63, 3.8) is 0 Å². The van der Waals surface area contributed by atoms with E-state index in [0.29, 0.717) is 27.2 Å². The smallest absolute Gasteiger partial charge is 0.338 e. The third-order valence-corrected chi connectivity index (χ3v) is 7.12. The molecule has 29 heavy (non-hydrogen) atoms. The molecule has 4 rings (SSSR count). The largest absolute Gasteiger partial charge is 0.460 e. The van der Waals surface area contributed by atoms with Crippen LogP contribution in [0.3, 0.4) is 0 Å². The number of esters is 1. The minimum Gasteiger partial charge on any atom is -0.460 e. The number of carbonyl (C=O) groups excluding carboxylic acids is 1. The minimum absolute atomic E-state index is 0.145. The van der Waals surface area contributed by atoms with E-state index >= 15 is 0 Å². The van der Waals surface area contributed by atoms with E-state index in [9.17, 15) is 9.59 Å². The van der Waals surface area contributed by atoms with E-state index in [1.54, 1.807) is 29.9 Å². The van der Waals surface area contributed by atoms with Crippen LogP contribution in [0.15, 0.2) is 56.1 Å². The van der Waals surface area contributed by atoms with Crippen LogP contribution in [-0.2, 0) is 14.3 Å². The van der Waals surface area contributed by atoms with Crippen molar-refractivity contribution in [2.24, 2.45) is 4.99 Å². The van der Waals surface area contributed by atoms with Crippen LogP contribution >= 0.6 is 34.0 Å². The Morgan fingerprint density at radius 3 is 2.72 bits per heavy atom. The lowest BCUT2D eigenvalue weighted by Crippen LogP contribution is -2.39. The molecule has 3 aromatic heterocycles. The molecule has 0 spiro atoms. The average molecular weight is 447 g/mol. The summed E-state index contributed by atoms with van der Waals surface area (Å²) in [5.41, 5.74) is 0.795. The fourth-order valence-electron chi connectivity index (χ4n) is 3.10. The van der Waals surface area contributed by atoms with Gasteiger partial charge in [-0.3, -0.25) is 9.36 Å². The number of allylic oxidation sites excluding steroid dienone is 1. The van der Waals surface area contributed by atoms with Crippen LogP contribution < -0.4 is 14.9 Å². The molecule has 1 aliphatic rings. The molecule has 0 bridgehead atoms. The van der Waals surface area contributed by atoms with Gasteiger partial charge >= 0.3 is 5.97 Å². The summed E-state index contributed by atoms with van der Waals surface area (Å²) in [5.74, 6) is -0.478. The molecular weight excluding hydrogens is 428 g/mol. The fourth-order valence-corrected chi connectivity index (χ4v) is 5.69. The van der Waals surface area contributed by atoms with Gasteiger partial charge in [-0.05, 0) is 35.9 Å². The summed E-state index contributed by atoms with van der Waals surface area (Å²) < 4.78 is 12.5. The zero-order chi connectivity index (χ0) is 20.4. The first kappa shape index (κ1) is 20.0. The molecule has 0 unspecified atom stereocenters. The lowest BCUT2D eigenvalue weighted by Gasteiger charge is -2.23. The molecule has 0 amide bonds. The van der Waals surface area contributed by atoms with Crippen LogP contribution in [0.5, 0.6) is 0 Å². The lowest BCUT2D eigenvalue weighted by atomic mass is 10.0. The molecular formula is C20H18N2O4S3. The van der Waals surface area contributed by atoms with Crippen molar-refractivity contribution in [3.05, 3.63) is 75.7 Å². The average Bonchev–Trinajstić information content (AvgIpc) is 3.44. The Balaban J connectivity index is 1.86. The van der Waals surface area contributed by atoms with Crippen molar-refractivity contribution in [2.45, 2.75) is 13.0 Å². The van der Waals surface area contributed by atoms with E-state index in [0.717, 1.165) is 9.75 Å². The molecule has 3 aromatic rings. The van der Waals surface area contributed by atoms with Crippen molar-refractivity contribution < 1.29 is 14.3 Å². The van der Waals surface area contributed by atoms with Crippen molar-refractivity contribution >= 4 is 46.1 Å². The highest BCUT2D eigenvalue weighted by atomic mass is 32.1. The van der Waals surface area contributed by atoms with Crippen molar-refractivity contribution in [2.75, 3.05) is 20.3 Å². The Labute approximate surface area is 178 Å². The van der Waals surface area contributed by atoms with Gasteiger partial charge < -0.3 is 9.47 Å². The van der Waals surface area contributed by atoms with E-state index in [1.807, 2.05) is 41.1 Å². The first-order chi connectivity index (χ1) is 14.1. The van der Waals surface area contributed by atoms with Crippen molar-refractivity contribution in [1.82, 2.24) is 4.57 Å². The fraction of sp³-hybridized carbons (Fsp3) is 0.250. The summed E-state index contributed by atoms with van der Waals surface area (Å²) in [6.45, 7) is 2.23. The van der Waals surface area contributed by atoms with Crippen LogP contribution in [0.1, 0.15) is 22.7 Å². The van der Waals surface area contributed by atoms with Gasteiger partial charge in [0.2, 0.25) is 0 Å². The van der Waals surface area contributed by atoms with Crippen molar-refractivity contribution in [1.29, 1.82) is 0 Å². The van der Waals surface area contributed by atoms with Crippen molar-refractivity contribution in [3.8, 4) is 0 Å². The van der Waals surface area contributed by atoms with Gasteiger partial charge in [0.1, 0.15) is 12.6 Å². The van der Waals surface area contributed by atoms with Gasteiger partial charge in [0.25, 0.3) is 5.56 Å². The molecule has 150 valence electrons. The summed E-state index contributed by atoms with van der Waals surface area (Å²) in [7, 11) is 1.55. The summed E-state index contributed by atoms with van der Waals surface area (Å²) in [6.07, 6.45) is 1.87. The predicted octanol–water partition coefficient (Wildman–Crippen LogP) is 2.55. The lowest BCUT2D eigenvalue weighted by molar-refractivity contribution is -0.140. The molecule has 0 N–H and O–H groups in total. The first-order valence-electron chi connectivity index (χ1n) is 8.85. The second-order valence-electron chi connectivity index (χ2n) is 6.24. The number of nitrogens with zero attached hydrogens (tertiary/aromatic N) is 2. The third kappa shape index (κ3) is 3.91.